The van der Waals surface area contributed by atoms with Crippen LogP contribution in [0.25, 0.3) is 0 Å². The fourth-order valence-corrected chi connectivity index (χ4v) is 1.60. The summed E-state index contributed by atoms with van der Waals surface area (Å²) >= 11 is 3.12. The van der Waals surface area contributed by atoms with E-state index in [1.807, 2.05) is 0 Å². The Balaban J connectivity index is 2.94. The third-order valence-electron chi connectivity index (χ3n) is 1.89. The fraction of sp³-hybridized carbons (Fsp3) is 0.200. The highest BCUT2D eigenvalue weighted by Gasteiger charge is 2.21. The van der Waals surface area contributed by atoms with Gasteiger partial charge in [-0.1, -0.05) is 0 Å². The molecule has 0 bridgehead atoms. The maximum Gasteiger partial charge on any atom is 0.323 e. The summed E-state index contributed by atoms with van der Waals surface area (Å²) in [5.41, 5.74) is 0.117. The molecule has 0 spiro atoms. The van der Waals surface area contributed by atoms with Crippen molar-refractivity contribution in [3.05, 3.63) is 28.5 Å². The van der Waals surface area contributed by atoms with E-state index in [2.05, 4.69) is 20.9 Å². The van der Waals surface area contributed by atoms with E-state index < -0.39 is 30.9 Å². The molecule has 1 aromatic rings. The molecule has 0 saturated heterocycles. The van der Waals surface area contributed by atoms with Crippen molar-refractivity contribution in [3.8, 4) is 0 Å². The number of carboxylic acid groups (broad SMARTS) is 2. The zero-order chi connectivity index (χ0) is 13.7. The van der Waals surface area contributed by atoms with E-state index in [9.17, 15) is 14.4 Å². The van der Waals surface area contributed by atoms with Gasteiger partial charge in [-0.2, -0.15) is 0 Å². The number of pyridine rings is 1. The molecule has 0 atom stereocenters. The Labute approximate surface area is 110 Å². The van der Waals surface area contributed by atoms with E-state index in [1.54, 1.807) is 0 Å². The molecule has 18 heavy (non-hydrogen) atoms. The lowest BCUT2D eigenvalue weighted by molar-refractivity contribution is -0.140. The van der Waals surface area contributed by atoms with E-state index in [1.165, 1.54) is 18.5 Å². The molecule has 0 fully saturated rings. The van der Waals surface area contributed by atoms with Crippen LogP contribution in [0, 0.1) is 0 Å². The molecule has 1 aromatic heterocycles. The van der Waals surface area contributed by atoms with Gasteiger partial charge in [0.05, 0.1) is 5.56 Å². The summed E-state index contributed by atoms with van der Waals surface area (Å²) < 4.78 is 0.541. The number of carbonyl (C=O) groups excluding carboxylic acids is 1. The molecule has 7 nitrogen and oxygen atoms in total. The Morgan fingerprint density at radius 1 is 1.17 bits per heavy atom. The predicted molar refractivity (Wildman–Crippen MR) is 63.1 cm³/mol. The average molecular weight is 317 g/mol. The van der Waals surface area contributed by atoms with Gasteiger partial charge in [-0.3, -0.25) is 19.4 Å². The summed E-state index contributed by atoms with van der Waals surface area (Å²) in [5, 5.41) is 17.3. The van der Waals surface area contributed by atoms with Crippen molar-refractivity contribution >= 4 is 33.8 Å². The number of aromatic nitrogens is 1. The first-order chi connectivity index (χ1) is 8.40. The van der Waals surface area contributed by atoms with Crippen LogP contribution in [-0.2, 0) is 9.59 Å². The molecule has 0 aliphatic carbocycles. The summed E-state index contributed by atoms with van der Waals surface area (Å²) in [6.45, 7) is -1.37. The SMILES string of the molecule is O=C(O)CN(CC(=O)O)C(=O)c1cncc(Br)c1. The second kappa shape index (κ2) is 6.10. The lowest BCUT2D eigenvalue weighted by Gasteiger charge is -2.18. The van der Waals surface area contributed by atoms with Gasteiger partial charge >= 0.3 is 11.9 Å². The lowest BCUT2D eigenvalue weighted by atomic mass is 10.2. The van der Waals surface area contributed by atoms with Crippen molar-refractivity contribution in [2.45, 2.75) is 0 Å². The molecular formula is C10H9BrN2O5. The van der Waals surface area contributed by atoms with Crippen molar-refractivity contribution in [2.24, 2.45) is 0 Å². The van der Waals surface area contributed by atoms with Gasteiger partial charge in [0, 0.05) is 16.9 Å². The van der Waals surface area contributed by atoms with Crippen LogP contribution in [0.1, 0.15) is 10.4 Å². The van der Waals surface area contributed by atoms with Crippen molar-refractivity contribution < 1.29 is 24.6 Å². The maximum absolute atomic E-state index is 11.9. The van der Waals surface area contributed by atoms with E-state index in [0.717, 1.165) is 0 Å². The second-order valence-corrected chi connectivity index (χ2v) is 4.26. The van der Waals surface area contributed by atoms with Crippen LogP contribution in [0.2, 0.25) is 0 Å². The number of hydrogen-bond donors (Lipinski definition) is 2. The molecule has 8 heteroatoms. The van der Waals surface area contributed by atoms with Crippen LogP contribution in [0.15, 0.2) is 22.9 Å². The third kappa shape index (κ3) is 4.13. The van der Waals surface area contributed by atoms with E-state index >= 15 is 0 Å². The van der Waals surface area contributed by atoms with Crippen molar-refractivity contribution in [3.63, 3.8) is 0 Å². The summed E-state index contributed by atoms with van der Waals surface area (Å²) in [6.07, 6.45) is 2.69. The van der Waals surface area contributed by atoms with Gasteiger partial charge in [0.25, 0.3) is 5.91 Å². The highest BCUT2D eigenvalue weighted by Crippen LogP contribution is 2.11. The number of nitrogens with zero attached hydrogens (tertiary/aromatic N) is 2. The Morgan fingerprint density at radius 3 is 2.17 bits per heavy atom. The van der Waals surface area contributed by atoms with Crippen LogP contribution in [0.3, 0.4) is 0 Å². The monoisotopic (exact) mass is 316 g/mol. The van der Waals surface area contributed by atoms with Crippen LogP contribution < -0.4 is 0 Å². The summed E-state index contributed by atoms with van der Waals surface area (Å²) in [4.78, 5) is 37.5. The number of rotatable bonds is 5. The van der Waals surface area contributed by atoms with Crippen molar-refractivity contribution in [1.29, 1.82) is 0 Å². The fourth-order valence-electron chi connectivity index (χ4n) is 1.24. The Bertz CT molecular complexity index is 475. The van der Waals surface area contributed by atoms with Gasteiger partial charge in [-0.05, 0) is 22.0 Å². The third-order valence-corrected chi connectivity index (χ3v) is 2.32. The first kappa shape index (κ1) is 14.1. The number of aliphatic carboxylic acids is 2. The number of halogens is 1. The molecule has 1 amide bonds. The second-order valence-electron chi connectivity index (χ2n) is 3.34. The van der Waals surface area contributed by atoms with Crippen LogP contribution in [0.5, 0.6) is 0 Å². The molecule has 1 rings (SSSR count). The van der Waals surface area contributed by atoms with Crippen LogP contribution >= 0.6 is 15.9 Å². The van der Waals surface area contributed by atoms with Crippen LogP contribution in [-0.4, -0.2) is 51.0 Å². The van der Waals surface area contributed by atoms with Gasteiger partial charge in [0.2, 0.25) is 0 Å². The Kier molecular flexibility index (Phi) is 4.78. The predicted octanol–water partition coefficient (Wildman–Crippen LogP) is 0.456. The number of carbonyl (C=O) groups is 3. The quantitative estimate of drug-likeness (QED) is 0.816. The molecule has 1 heterocycles. The van der Waals surface area contributed by atoms with Gasteiger partial charge < -0.3 is 15.1 Å². The average Bonchev–Trinajstić information content (AvgIpc) is 2.26. The number of carboxylic acids is 2. The largest absolute Gasteiger partial charge is 0.480 e. The van der Waals surface area contributed by atoms with Gasteiger partial charge in [0.15, 0.2) is 0 Å². The highest BCUT2D eigenvalue weighted by atomic mass is 79.9. The molecular weight excluding hydrogens is 308 g/mol. The standard InChI is InChI=1S/C10H9BrN2O5/c11-7-1-6(2-12-3-7)10(18)13(4-8(14)15)5-9(16)17/h1-3H,4-5H2,(H,14,15)(H,16,17). The molecule has 0 aliphatic heterocycles. The summed E-state index contributed by atoms with van der Waals surface area (Å²) in [5.74, 6) is -3.27. The molecule has 96 valence electrons. The van der Waals surface area contributed by atoms with E-state index in [-0.39, 0.29) is 5.56 Å². The smallest absolute Gasteiger partial charge is 0.323 e. The normalized spacial score (nSPS) is 9.83. The first-order valence-electron chi connectivity index (χ1n) is 4.73. The van der Waals surface area contributed by atoms with E-state index in [4.69, 9.17) is 10.2 Å². The Hall–Kier alpha value is -1.96. The number of amides is 1. The van der Waals surface area contributed by atoms with Crippen molar-refractivity contribution in [2.75, 3.05) is 13.1 Å². The molecule has 0 saturated carbocycles. The van der Waals surface area contributed by atoms with E-state index in [0.29, 0.717) is 9.37 Å². The topological polar surface area (TPSA) is 108 Å². The minimum atomic E-state index is -1.28. The van der Waals surface area contributed by atoms with Crippen LogP contribution in [0.4, 0.5) is 0 Å². The van der Waals surface area contributed by atoms with Gasteiger partial charge in [0.1, 0.15) is 13.1 Å². The molecule has 0 radical (unpaired) electrons. The highest BCUT2D eigenvalue weighted by molar-refractivity contribution is 9.10. The molecule has 0 aliphatic rings. The van der Waals surface area contributed by atoms with Gasteiger partial charge in [-0.15, -0.1) is 0 Å². The molecule has 0 unspecified atom stereocenters. The summed E-state index contributed by atoms with van der Waals surface area (Å²) in [6, 6.07) is 1.44. The minimum Gasteiger partial charge on any atom is -0.480 e. The van der Waals surface area contributed by atoms with Crippen molar-refractivity contribution in [1.82, 2.24) is 9.88 Å². The minimum absolute atomic E-state index is 0.117. The molecule has 0 aromatic carbocycles. The zero-order valence-electron chi connectivity index (χ0n) is 9.04. The molecule has 2 N–H and O–H groups in total. The number of hydrogen-bond acceptors (Lipinski definition) is 4. The first-order valence-corrected chi connectivity index (χ1v) is 5.53. The zero-order valence-corrected chi connectivity index (χ0v) is 10.6. The lowest BCUT2D eigenvalue weighted by Crippen LogP contribution is -2.39. The summed E-state index contributed by atoms with van der Waals surface area (Å²) in [7, 11) is 0. The Morgan fingerprint density at radius 2 is 1.72 bits per heavy atom. The van der Waals surface area contributed by atoms with Gasteiger partial charge in [-0.25, -0.2) is 0 Å². The maximum atomic E-state index is 11.9.